The summed E-state index contributed by atoms with van der Waals surface area (Å²) in [5, 5.41) is 9.28. The number of ether oxygens (including phenoxy) is 1. The fourth-order valence-electron chi connectivity index (χ4n) is 1.19. The van der Waals surface area contributed by atoms with Crippen molar-refractivity contribution in [3.05, 3.63) is 0 Å². The van der Waals surface area contributed by atoms with Gasteiger partial charge in [-0.3, -0.25) is 0 Å². The minimum absolute atomic E-state index is 0.132. The van der Waals surface area contributed by atoms with Gasteiger partial charge in [-0.05, 0) is 12.8 Å². The van der Waals surface area contributed by atoms with E-state index in [-0.39, 0.29) is 6.10 Å². The molecule has 0 saturated carbocycles. The van der Waals surface area contributed by atoms with Gasteiger partial charge in [-0.25, -0.2) is 0 Å². The van der Waals surface area contributed by atoms with Crippen LogP contribution in [0, 0.1) is 5.92 Å². The summed E-state index contributed by atoms with van der Waals surface area (Å²) in [6, 6.07) is 0. The van der Waals surface area contributed by atoms with Crippen LogP contribution in [0.25, 0.3) is 0 Å². The molecule has 0 aromatic carbocycles. The second kappa shape index (κ2) is 3.18. The molecule has 1 fully saturated rings. The predicted octanol–water partition coefficient (Wildman–Crippen LogP) is 0.794. The Hall–Kier alpha value is -0.0800. The van der Waals surface area contributed by atoms with Crippen LogP contribution in [0.5, 0.6) is 0 Å². The summed E-state index contributed by atoms with van der Waals surface area (Å²) < 4.78 is 5.12. The Kier molecular flexibility index (Phi) is 2.49. The first-order valence-electron chi connectivity index (χ1n) is 3.60. The molecule has 1 rings (SSSR count). The standard InChI is InChI=1S/C7H14O2/c1-2-7(8)6-3-4-9-5-6/h6-8H,2-5H2,1H3/t6?,7-/m1/s1. The molecule has 2 nitrogen and oxygen atoms in total. The van der Waals surface area contributed by atoms with Gasteiger partial charge < -0.3 is 9.84 Å². The van der Waals surface area contributed by atoms with E-state index in [4.69, 9.17) is 4.74 Å². The fraction of sp³-hybridized carbons (Fsp3) is 1.00. The molecule has 54 valence electrons. The van der Waals surface area contributed by atoms with Crippen LogP contribution >= 0.6 is 0 Å². The van der Waals surface area contributed by atoms with Crippen molar-refractivity contribution in [1.29, 1.82) is 0 Å². The summed E-state index contributed by atoms with van der Waals surface area (Å²) >= 11 is 0. The molecular weight excluding hydrogens is 116 g/mol. The van der Waals surface area contributed by atoms with Gasteiger partial charge in [-0.2, -0.15) is 0 Å². The number of aliphatic hydroxyl groups is 1. The third-order valence-electron chi connectivity index (χ3n) is 1.93. The molecular formula is C7H14O2. The maximum absolute atomic E-state index is 9.28. The number of rotatable bonds is 2. The Labute approximate surface area is 55.8 Å². The minimum Gasteiger partial charge on any atom is -0.393 e. The van der Waals surface area contributed by atoms with Crippen molar-refractivity contribution in [3.63, 3.8) is 0 Å². The van der Waals surface area contributed by atoms with Crippen LogP contribution in [0.4, 0.5) is 0 Å². The summed E-state index contributed by atoms with van der Waals surface area (Å²) in [5.41, 5.74) is 0. The molecule has 1 aliphatic heterocycles. The first-order valence-corrected chi connectivity index (χ1v) is 3.60. The van der Waals surface area contributed by atoms with Crippen LogP contribution in [0.1, 0.15) is 19.8 Å². The molecule has 0 aliphatic carbocycles. The minimum atomic E-state index is -0.132. The van der Waals surface area contributed by atoms with E-state index in [1.165, 1.54) is 0 Å². The first-order chi connectivity index (χ1) is 4.34. The van der Waals surface area contributed by atoms with Crippen LogP contribution in [0.3, 0.4) is 0 Å². The van der Waals surface area contributed by atoms with Crippen LogP contribution in [-0.4, -0.2) is 24.4 Å². The third kappa shape index (κ3) is 1.66. The highest BCUT2D eigenvalue weighted by atomic mass is 16.5. The topological polar surface area (TPSA) is 29.5 Å². The Morgan fingerprint density at radius 1 is 1.78 bits per heavy atom. The van der Waals surface area contributed by atoms with Gasteiger partial charge in [0, 0.05) is 12.5 Å². The second-order valence-electron chi connectivity index (χ2n) is 2.60. The van der Waals surface area contributed by atoms with E-state index in [0.717, 1.165) is 26.1 Å². The Morgan fingerprint density at radius 2 is 2.56 bits per heavy atom. The van der Waals surface area contributed by atoms with E-state index in [2.05, 4.69) is 0 Å². The molecule has 1 heterocycles. The van der Waals surface area contributed by atoms with Crippen molar-refractivity contribution in [3.8, 4) is 0 Å². The van der Waals surface area contributed by atoms with Crippen molar-refractivity contribution >= 4 is 0 Å². The van der Waals surface area contributed by atoms with Gasteiger partial charge in [-0.15, -0.1) is 0 Å². The largest absolute Gasteiger partial charge is 0.393 e. The Bertz CT molecular complexity index is 77.0. The number of aliphatic hydroxyl groups excluding tert-OH is 1. The van der Waals surface area contributed by atoms with Crippen molar-refractivity contribution < 1.29 is 9.84 Å². The first kappa shape index (κ1) is 7.03. The predicted molar refractivity (Wildman–Crippen MR) is 35.2 cm³/mol. The zero-order valence-corrected chi connectivity index (χ0v) is 5.84. The summed E-state index contributed by atoms with van der Waals surface area (Å²) in [6.07, 6.45) is 1.76. The van der Waals surface area contributed by atoms with Gasteiger partial charge in [0.25, 0.3) is 0 Å². The molecule has 1 aliphatic rings. The highest BCUT2D eigenvalue weighted by Crippen LogP contribution is 2.17. The molecule has 1 saturated heterocycles. The molecule has 0 bridgehead atoms. The molecule has 1 unspecified atom stereocenters. The summed E-state index contributed by atoms with van der Waals surface area (Å²) in [6.45, 7) is 3.60. The van der Waals surface area contributed by atoms with E-state index in [9.17, 15) is 5.11 Å². The van der Waals surface area contributed by atoms with Gasteiger partial charge in [0.05, 0.1) is 12.7 Å². The molecule has 0 aromatic heterocycles. The van der Waals surface area contributed by atoms with E-state index in [1.54, 1.807) is 0 Å². The van der Waals surface area contributed by atoms with Crippen LogP contribution in [0.2, 0.25) is 0 Å². The molecule has 0 aromatic rings. The van der Waals surface area contributed by atoms with Crippen LogP contribution < -0.4 is 0 Å². The number of hydrogen-bond donors (Lipinski definition) is 1. The van der Waals surface area contributed by atoms with Gasteiger partial charge in [0.15, 0.2) is 0 Å². The molecule has 2 heteroatoms. The van der Waals surface area contributed by atoms with Gasteiger partial charge in [0.1, 0.15) is 0 Å². The fourth-order valence-corrected chi connectivity index (χ4v) is 1.19. The lowest BCUT2D eigenvalue weighted by Crippen LogP contribution is -2.18. The average molecular weight is 130 g/mol. The quantitative estimate of drug-likeness (QED) is 0.599. The maximum atomic E-state index is 9.28. The highest BCUT2D eigenvalue weighted by molar-refractivity contribution is 4.70. The maximum Gasteiger partial charge on any atom is 0.0588 e. The lowest BCUT2D eigenvalue weighted by atomic mass is 10.0. The zero-order valence-electron chi connectivity index (χ0n) is 5.84. The van der Waals surface area contributed by atoms with Crippen LogP contribution in [-0.2, 0) is 4.74 Å². The van der Waals surface area contributed by atoms with Gasteiger partial charge in [0.2, 0.25) is 0 Å². The second-order valence-corrected chi connectivity index (χ2v) is 2.60. The SMILES string of the molecule is CC[C@@H](O)C1CCOC1. The molecule has 2 atom stereocenters. The molecule has 0 radical (unpaired) electrons. The van der Waals surface area contributed by atoms with E-state index < -0.39 is 0 Å². The van der Waals surface area contributed by atoms with Crippen molar-refractivity contribution in [2.24, 2.45) is 5.92 Å². The van der Waals surface area contributed by atoms with Crippen molar-refractivity contribution in [2.75, 3.05) is 13.2 Å². The zero-order chi connectivity index (χ0) is 6.69. The van der Waals surface area contributed by atoms with Crippen LogP contribution in [0.15, 0.2) is 0 Å². The van der Waals surface area contributed by atoms with Crippen molar-refractivity contribution in [2.45, 2.75) is 25.9 Å². The molecule has 0 amide bonds. The molecule has 9 heavy (non-hydrogen) atoms. The van der Waals surface area contributed by atoms with E-state index in [1.807, 2.05) is 6.92 Å². The van der Waals surface area contributed by atoms with Crippen molar-refractivity contribution in [1.82, 2.24) is 0 Å². The highest BCUT2D eigenvalue weighted by Gasteiger charge is 2.21. The van der Waals surface area contributed by atoms with Gasteiger partial charge >= 0.3 is 0 Å². The summed E-state index contributed by atoms with van der Waals surface area (Å²) in [7, 11) is 0. The normalized spacial score (nSPS) is 30.7. The smallest absolute Gasteiger partial charge is 0.0588 e. The van der Waals surface area contributed by atoms with E-state index in [0.29, 0.717) is 5.92 Å². The molecule has 1 N–H and O–H groups in total. The Balaban J connectivity index is 2.24. The Morgan fingerprint density at radius 3 is 3.00 bits per heavy atom. The average Bonchev–Trinajstić information content (AvgIpc) is 2.37. The molecule has 0 spiro atoms. The summed E-state index contributed by atoms with van der Waals surface area (Å²) in [5.74, 6) is 0.412. The summed E-state index contributed by atoms with van der Waals surface area (Å²) in [4.78, 5) is 0. The monoisotopic (exact) mass is 130 g/mol. The van der Waals surface area contributed by atoms with Gasteiger partial charge in [-0.1, -0.05) is 6.92 Å². The number of hydrogen-bond acceptors (Lipinski definition) is 2. The van der Waals surface area contributed by atoms with E-state index >= 15 is 0 Å². The lowest BCUT2D eigenvalue weighted by molar-refractivity contribution is 0.0887. The third-order valence-corrected chi connectivity index (χ3v) is 1.93. The lowest BCUT2D eigenvalue weighted by Gasteiger charge is -2.12.